The zero-order valence-electron chi connectivity index (χ0n) is 10.9. The molecule has 0 aromatic carbocycles. The first-order chi connectivity index (χ1) is 9.09. The van der Waals surface area contributed by atoms with E-state index in [-0.39, 0.29) is 11.9 Å². The molecule has 19 heavy (non-hydrogen) atoms. The van der Waals surface area contributed by atoms with Crippen molar-refractivity contribution in [2.45, 2.75) is 25.9 Å². The number of sulfonamides is 1. The second kappa shape index (κ2) is 6.21. The first kappa shape index (κ1) is 14.1. The van der Waals surface area contributed by atoms with Crippen LogP contribution in [0.5, 0.6) is 0 Å². The summed E-state index contributed by atoms with van der Waals surface area (Å²) in [6.07, 6.45) is 3.93. The highest BCUT2D eigenvalue weighted by atomic mass is 32.2. The molecule has 7 heteroatoms. The molecular weight excluding hydrogens is 266 g/mol. The molecule has 1 unspecified atom stereocenters. The maximum atomic E-state index is 11.4. The molecule has 1 aromatic heterocycles. The Bertz CT molecular complexity index is 495. The smallest absolute Gasteiger partial charge is 0.232 e. The standard InChI is InChI=1S/C12H19N3O3S/c1-2-19(16,17)15-10-5-6-12(13-8-10)14-9-11-4-3-7-18-11/h5-6,8,11,15H,2-4,7,9H2,1H3,(H,13,14). The zero-order chi connectivity index (χ0) is 13.7. The minimum Gasteiger partial charge on any atom is -0.376 e. The Morgan fingerprint density at radius 1 is 1.47 bits per heavy atom. The normalized spacial score (nSPS) is 19.3. The Morgan fingerprint density at radius 2 is 2.32 bits per heavy atom. The van der Waals surface area contributed by atoms with E-state index >= 15 is 0 Å². The summed E-state index contributed by atoms with van der Waals surface area (Å²) < 4.78 is 30.7. The van der Waals surface area contributed by atoms with E-state index in [1.807, 2.05) is 0 Å². The second-order valence-electron chi connectivity index (χ2n) is 4.45. The van der Waals surface area contributed by atoms with E-state index in [0.717, 1.165) is 31.8 Å². The number of hydrogen-bond acceptors (Lipinski definition) is 5. The van der Waals surface area contributed by atoms with Gasteiger partial charge in [-0.25, -0.2) is 13.4 Å². The predicted molar refractivity (Wildman–Crippen MR) is 74.8 cm³/mol. The van der Waals surface area contributed by atoms with Crippen molar-refractivity contribution in [3.05, 3.63) is 18.3 Å². The van der Waals surface area contributed by atoms with Crippen LogP contribution in [0.15, 0.2) is 18.3 Å². The summed E-state index contributed by atoms with van der Waals surface area (Å²) in [6, 6.07) is 3.44. The van der Waals surface area contributed by atoms with Crippen LogP contribution in [0.3, 0.4) is 0 Å². The summed E-state index contributed by atoms with van der Waals surface area (Å²) in [5, 5.41) is 3.18. The molecule has 0 bridgehead atoms. The highest BCUT2D eigenvalue weighted by molar-refractivity contribution is 7.92. The van der Waals surface area contributed by atoms with Gasteiger partial charge in [-0.2, -0.15) is 0 Å². The van der Waals surface area contributed by atoms with Crippen LogP contribution in [0.4, 0.5) is 11.5 Å². The monoisotopic (exact) mass is 285 g/mol. The Balaban J connectivity index is 1.87. The largest absolute Gasteiger partial charge is 0.376 e. The lowest BCUT2D eigenvalue weighted by Gasteiger charge is -2.11. The fourth-order valence-corrected chi connectivity index (χ4v) is 2.46. The molecule has 2 N–H and O–H groups in total. The highest BCUT2D eigenvalue weighted by Crippen LogP contribution is 2.14. The summed E-state index contributed by atoms with van der Waals surface area (Å²) in [5.41, 5.74) is 0.476. The molecule has 1 aliphatic rings. The molecule has 0 amide bonds. The van der Waals surface area contributed by atoms with Gasteiger partial charge >= 0.3 is 0 Å². The van der Waals surface area contributed by atoms with Gasteiger partial charge < -0.3 is 10.1 Å². The van der Waals surface area contributed by atoms with Crippen molar-refractivity contribution in [2.75, 3.05) is 28.9 Å². The van der Waals surface area contributed by atoms with E-state index in [9.17, 15) is 8.42 Å². The first-order valence-corrected chi connectivity index (χ1v) is 8.06. The molecule has 106 valence electrons. The van der Waals surface area contributed by atoms with Crippen molar-refractivity contribution in [3.8, 4) is 0 Å². The van der Waals surface area contributed by atoms with Gasteiger partial charge in [-0.1, -0.05) is 0 Å². The minimum atomic E-state index is -3.24. The van der Waals surface area contributed by atoms with E-state index in [2.05, 4.69) is 15.0 Å². The maximum absolute atomic E-state index is 11.4. The van der Waals surface area contributed by atoms with Crippen molar-refractivity contribution in [1.82, 2.24) is 4.98 Å². The number of anilines is 2. The highest BCUT2D eigenvalue weighted by Gasteiger charge is 2.15. The fourth-order valence-electron chi connectivity index (χ4n) is 1.83. The quantitative estimate of drug-likeness (QED) is 0.826. The third-order valence-electron chi connectivity index (χ3n) is 2.95. The lowest BCUT2D eigenvalue weighted by atomic mass is 10.2. The van der Waals surface area contributed by atoms with Crippen LogP contribution in [-0.4, -0.2) is 38.4 Å². The van der Waals surface area contributed by atoms with Crippen LogP contribution in [0, 0.1) is 0 Å². The van der Waals surface area contributed by atoms with Crippen LogP contribution < -0.4 is 10.0 Å². The van der Waals surface area contributed by atoms with Gasteiger partial charge in [0.2, 0.25) is 10.0 Å². The number of hydrogen-bond donors (Lipinski definition) is 2. The van der Waals surface area contributed by atoms with E-state index in [1.165, 1.54) is 6.20 Å². The summed E-state index contributed by atoms with van der Waals surface area (Å²) in [5.74, 6) is 0.765. The third kappa shape index (κ3) is 4.36. The summed E-state index contributed by atoms with van der Waals surface area (Å²) >= 11 is 0. The van der Waals surface area contributed by atoms with E-state index in [4.69, 9.17) is 4.74 Å². The molecule has 2 heterocycles. The molecule has 2 rings (SSSR count). The second-order valence-corrected chi connectivity index (χ2v) is 6.46. The summed E-state index contributed by atoms with van der Waals surface area (Å²) in [6.45, 7) is 3.15. The fraction of sp³-hybridized carbons (Fsp3) is 0.583. The Morgan fingerprint density at radius 3 is 2.89 bits per heavy atom. The van der Waals surface area contributed by atoms with Crippen molar-refractivity contribution in [2.24, 2.45) is 0 Å². The molecule has 0 saturated carbocycles. The van der Waals surface area contributed by atoms with Gasteiger partial charge in [-0.3, -0.25) is 4.72 Å². The Hall–Kier alpha value is -1.34. The molecule has 0 spiro atoms. The molecule has 1 atom stereocenters. The molecule has 1 saturated heterocycles. The van der Waals surface area contributed by atoms with Gasteiger partial charge in [0.15, 0.2) is 0 Å². The van der Waals surface area contributed by atoms with Crippen molar-refractivity contribution < 1.29 is 13.2 Å². The topological polar surface area (TPSA) is 80.3 Å². The van der Waals surface area contributed by atoms with Gasteiger partial charge in [0.1, 0.15) is 5.82 Å². The maximum Gasteiger partial charge on any atom is 0.232 e. The lowest BCUT2D eigenvalue weighted by Crippen LogP contribution is -2.19. The molecule has 1 aliphatic heterocycles. The lowest BCUT2D eigenvalue weighted by molar-refractivity contribution is 0.120. The van der Waals surface area contributed by atoms with Crippen LogP contribution >= 0.6 is 0 Å². The van der Waals surface area contributed by atoms with Gasteiger partial charge in [-0.15, -0.1) is 0 Å². The van der Waals surface area contributed by atoms with E-state index in [0.29, 0.717) is 5.69 Å². The number of ether oxygens (including phenoxy) is 1. The Labute approximate surface area is 113 Å². The van der Waals surface area contributed by atoms with Gasteiger partial charge in [-0.05, 0) is 31.9 Å². The molecule has 6 nitrogen and oxygen atoms in total. The predicted octanol–water partition coefficient (Wildman–Crippen LogP) is 1.43. The first-order valence-electron chi connectivity index (χ1n) is 6.41. The SMILES string of the molecule is CCS(=O)(=O)Nc1ccc(NCC2CCCO2)nc1. The van der Waals surface area contributed by atoms with E-state index in [1.54, 1.807) is 19.1 Å². The van der Waals surface area contributed by atoms with Gasteiger partial charge in [0, 0.05) is 13.2 Å². The summed E-state index contributed by atoms with van der Waals surface area (Å²) in [4.78, 5) is 4.16. The average Bonchev–Trinajstić information content (AvgIpc) is 2.91. The number of aromatic nitrogens is 1. The summed E-state index contributed by atoms with van der Waals surface area (Å²) in [7, 11) is -3.24. The van der Waals surface area contributed by atoms with Crippen molar-refractivity contribution in [1.29, 1.82) is 0 Å². The number of nitrogens with one attached hydrogen (secondary N) is 2. The van der Waals surface area contributed by atoms with Crippen LogP contribution in [0.2, 0.25) is 0 Å². The van der Waals surface area contributed by atoms with E-state index < -0.39 is 10.0 Å². The Kier molecular flexibility index (Phi) is 4.60. The number of pyridine rings is 1. The van der Waals surface area contributed by atoms with Crippen LogP contribution in [-0.2, 0) is 14.8 Å². The molecule has 1 aromatic rings. The molecule has 0 radical (unpaired) electrons. The molecule has 1 fully saturated rings. The molecule has 0 aliphatic carbocycles. The number of rotatable bonds is 6. The average molecular weight is 285 g/mol. The van der Waals surface area contributed by atoms with Crippen molar-refractivity contribution >= 4 is 21.5 Å². The van der Waals surface area contributed by atoms with Crippen LogP contribution in [0.1, 0.15) is 19.8 Å². The zero-order valence-corrected chi connectivity index (χ0v) is 11.7. The third-order valence-corrected chi connectivity index (χ3v) is 4.26. The minimum absolute atomic E-state index is 0.0476. The van der Waals surface area contributed by atoms with Gasteiger partial charge in [0.25, 0.3) is 0 Å². The molecular formula is C12H19N3O3S. The number of nitrogens with zero attached hydrogens (tertiary/aromatic N) is 1. The van der Waals surface area contributed by atoms with Crippen molar-refractivity contribution in [3.63, 3.8) is 0 Å². The van der Waals surface area contributed by atoms with Gasteiger partial charge in [0.05, 0.1) is 23.7 Å². The van der Waals surface area contributed by atoms with Crippen LogP contribution in [0.25, 0.3) is 0 Å².